The number of nitrogens with zero attached hydrogens (tertiary/aromatic N) is 4. The van der Waals surface area contributed by atoms with Crippen LogP contribution < -0.4 is 0 Å². The van der Waals surface area contributed by atoms with Crippen molar-refractivity contribution in [2.45, 2.75) is 37.8 Å². The summed E-state index contributed by atoms with van der Waals surface area (Å²) in [5.41, 5.74) is -1.81. The number of carbonyl (C=O) groups excluding carboxylic acids is 1. The van der Waals surface area contributed by atoms with Gasteiger partial charge in [0.05, 0.1) is 40.7 Å². The standard InChI is InChI=1S/C26H22F6N4O2S/c1-38-14-19-3-2-8-36(19)23-22(39-24(37)33-23)10-15-4-7-21-17(9-15)13-35(34-21)12-16-5-6-18(25(27,28)29)11-20(16)26(30,31)32/h4-7,9-11,13,19H,2-3,8,12,14H2,1H3/b22-10-/t19-/m0/s1. The van der Waals surface area contributed by atoms with Gasteiger partial charge in [-0.05, 0) is 66.1 Å². The van der Waals surface area contributed by atoms with Gasteiger partial charge in [0.15, 0.2) is 0 Å². The Morgan fingerprint density at radius 3 is 2.62 bits per heavy atom. The maximum atomic E-state index is 13.6. The van der Waals surface area contributed by atoms with E-state index in [0.29, 0.717) is 34.3 Å². The molecule has 6 nitrogen and oxygen atoms in total. The molecule has 1 saturated heterocycles. The summed E-state index contributed by atoms with van der Waals surface area (Å²) in [4.78, 5) is 19.1. The van der Waals surface area contributed by atoms with Crippen molar-refractivity contribution >= 4 is 39.8 Å². The number of aliphatic imine (C=N–C) groups is 1. The topological polar surface area (TPSA) is 59.7 Å². The quantitative estimate of drug-likeness (QED) is 0.316. The van der Waals surface area contributed by atoms with Crippen LogP contribution in [0.2, 0.25) is 0 Å². The van der Waals surface area contributed by atoms with E-state index < -0.39 is 23.5 Å². The number of methoxy groups -OCH3 is 1. The van der Waals surface area contributed by atoms with Crippen molar-refractivity contribution in [3.8, 4) is 0 Å². The lowest BCUT2D eigenvalue weighted by molar-refractivity contribution is -0.143. The maximum absolute atomic E-state index is 13.6. The molecule has 13 heteroatoms. The van der Waals surface area contributed by atoms with Crippen LogP contribution in [0.3, 0.4) is 0 Å². The van der Waals surface area contributed by atoms with Crippen LogP contribution in [0, 0.1) is 0 Å². The van der Waals surface area contributed by atoms with Crippen LogP contribution in [-0.4, -0.2) is 52.1 Å². The number of hydrogen-bond acceptors (Lipinski definition) is 5. The van der Waals surface area contributed by atoms with Crippen LogP contribution in [0.5, 0.6) is 0 Å². The number of aromatic nitrogens is 2. The predicted octanol–water partition coefficient (Wildman–Crippen LogP) is 6.84. The highest BCUT2D eigenvalue weighted by molar-refractivity contribution is 8.18. The molecule has 0 N–H and O–H groups in total. The Balaban J connectivity index is 1.42. The second-order valence-corrected chi connectivity index (χ2v) is 10.3. The molecule has 0 saturated carbocycles. The van der Waals surface area contributed by atoms with E-state index in [4.69, 9.17) is 4.74 Å². The molecule has 2 aliphatic heterocycles. The van der Waals surface area contributed by atoms with Gasteiger partial charge in [-0.2, -0.15) is 36.4 Å². The summed E-state index contributed by atoms with van der Waals surface area (Å²) in [5.74, 6) is 0.599. The number of amides is 1. The molecule has 0 unspecified atom stereocenters. The molecule has 2 aliphatic rings. The van der Waals surface area contributed by atoms with Gasteiger partial charge in [-0.25, -0.2) is 0 Å². The van der Waals surface area contributed by atoms with E-state index in [2.05, 4.69) is 15.0 Å². The van der Waals surface area contributed by atoms with Gasteiger partial charge in [0.1, 0.15) is 5.84 Å². The first-order chi connectivity index (χ1) is 18.4. The summed E-state index contributed by atoms with van der Waals surface area (Å²) >= 11 is 1.02. The van der Waals surface area contributed by atoms with Crippen LogP contribution in [0.4, 0.5) is 31.1 Å². The Morgan fingerprint density at radius 1 is 1.10 bits per heavy atom. The van der Waals surface area contributed by atoms with Gasteiger partial charge < -0.3 is 9.64 Å². The zero-order chi connectivity index (χ0) is 27.9. The number of hydrogen-bond donors (Lipinski definition) is 0. The van der Waals surface area contributed by atoms with E-state index in [1.807, 2.05) is 6.08 Å². The average Bonchev–Trinajstić information content (AvgIpc) is 3.56. The van der Waals surface area contributed by atoms with Gasteiger partial charge >= 0.3 is 17.6 Å². The molecule has 3 heterocycles. The average molecular weight is 569 g/mol. The molecule has 3 aromatic rings. The number of amidine groups is 1. The van der Waals surface area contributed by atoms with E-state index >= 15 is 0 Å². The summed E-state index contributed by atoms with van der Waals surface area (Å²) in [6, 6.07) is 6.95. The number of rotatable bonds is 5. The highest BCUT2D eigenvalue weighted by Crippen LogP contribution is 2.38. The lowest BCUT2D eigenvalue weighted by Gasteiger charge is -2.26. The van der Waals surface area contributed by atoms with E-state index in [9.17, 15) is 31.1 Å². The molecule has 1 amide bonds. The van der Waals surface area contributed by atoms with Crippen molar-refractivity contribution in [1.82, 2.24) is 14.7 Å². The first-order valence-corrected chi connectivity index (χ1v) is 12.8. The summed E-state index contributed by atoms with van der Waals surface area (Å²) in [7, 11) is 1.63. The first kappa shape index (κ1) is 27.3. The minimum absolute atomic E-state index is 0.121. The minimum atomic E-state index is -4.96. The number of likely N-dealkylation sites (tertiary alicyclic amines) is 1. The molecule has 0 spiro atoms. The molecular weight excluding hydrogens is 546 g/mol. The van der Waals surface area contributed by atoms with Gasteiger partial charge in [-0.3, -0.25) is 9.48 Å². The molecule has 0 aliphatic carbocycles. The van der Waals surface area contributed by atoms with E-state index in [0.717, 1.165) is 42.8 Å². The number of alkyl halides is 6. The van der Waals surface area contributed by atoms with Crippen LogP contribution in [0.15, 0.2) is 52.5 Å². The third kappa shape index (κ3) is 5.83. The molecule has 1 fully saturated rings. The highest BCUT2D eigenvalue weighted by Gasteiger charge is 2.38. The van der Waals surface area contributed by atoms with E-state index in [1.54, 1.807) is 25.3 Å². The summed E-state index contributed by atoms with van der Waals surface area (Å²) in [5, 5.41) is 4.60. The monoisotopic (exact) mass is 568 g/mol. The fourth-order valence-corrected chi connectivity index (χ4v) is 5.60. The van der Waals surface area contributed by atoms with Crippen LogP contribution in [0.25, 0.3) is 17.0 Å². The number of benzene rings is 2. The van der Waals surface area contributed by atoms with Gasteiger partial charge in [0, 0.05) is 25.2 Å². The Kier molecular flexibility index (Phi) is 7.23. The molecule has 2 aromatic carbocycles. The number of fused-ring (bicyclic) bond motifs is 1. The zero-order valence-corrected chi connectivity index (χ0v) is 21.3. The largest absolute Gasteiger partial charge is 0.416 e. The van der Waals surface area contributed by atoms with Crippen LogP contribution in [-0.2, 0) is 23.6 Å². The Bertz CT molecular complexity index is 1480. The Morgan fingerprint density at radius 2 is 1.90 bits per heavy atom. The van der Waals surface area contributed by atoms with Gasteiger partial charge in [-0.1, -0.05) is 12.1 Å². The Labute approximate surface area is 223 Å². The molecule has 5 rings (SSSR count). The Hall–Kier alpha value is -3.32. The molecule has 39 heavy (non-hydrogen) atoms. The maximum Gasteiger partial charge on any atom is 0.416 e. The molecule has 1 atom stereocenters. The van der Waals surface area contributed by atoms with Gasteiger partial charge in [-0.15, -0.1) is 0 Å². The van der Waals surface area contributed by atoms with E-state index in [-0.39, 0.29) is 29.5 Å². The third-order valence-electron chi connectivity index (χ3n) is 6.57. The van der Waals surface area contributed by atoms with Gasteiger partial charge in [0.2, 0.25) is 0 Å². The fraction of sp³-hybridized carbons (Fsp3) is 0.346. The first-order valence-electron chi connectivity index (χ1n) is 11.9. The minimum Gasteiger partial charge on any atom is -0.383 e. The van der Waals surface area contributed by atoms with Crippen LogP contribution >= 0.6 is 11.8 Å². The van der Waals surface area contributed by atoms with Crippen molar-refractivity contribution < 1.29 is 35.9 Å². The third-order valence-corrected chi connectivity index (χ3v) is 7.36. The van der Waals surface area contributed by atoms with Crippen molar-refractivity contribution in [3.05, 3.63) is 69.8 Å². The van der Waals surface area contributed by atoms with Gasteiger partial charge in [0.25, 0.3) is 0 Å². The van der Waals surface area contributed by atoms with Crippen LogP contribution in [0.1, 0.15) is 35.1 Å². The lowest BCUT2D eigenvalue weighted by Crippen LogP contribution is -2.37. The van der Waals surface area contributed by atoms with Crippen molar-refractivity contribution in [2.24, 2.45) is 4.99 Å². The summed E-state index contributed by atoms with van der Waals surface area (Å²) in [6.07, 6.45) is -4.61. The highest BCUT2D eigenvalue weighted by atomic mass is 32.2. The number of thioether (sulfide) groups is 1. The molecule has 1 aromatic heterocycles. The smallest absolute Gasteiger partial charge is 0.383 e. The normalized spacial score (nSPS) is 19.5. The number of carbonyl (C=O) groups is 1. The molecule has 0 bridgehead atoms. The van der Waals surface area contributed by atoms with Crippen molar-refractivity contribution in [3.63, 3.8) is 0 Å². The molecular formula is C26H22F6N4O2S. The van der Waals surface area contributed by atoms with Crippen molar-refractivity contribution in [1.29, 1.82) is 0 Å². The SMILES string of the molecule is COC[C@@H]1CCCN1C1=NC(=O)S/C1=C\c1ccc2nn(Cc3ccc(C(F)(F)F)cc3C(F)(F)F)cc2c1. The second kappa shape index (κ2) is 10.3. The fourth-order valence-electron chi connectivity index (χ4n) is 4.83. The number of halogens is 6. The predicted molar refractivity (Wildman–Crippen MR) is 135 cm³/mol. The summed E-state index contributed by atoms with van der Waals surface area (Å²) in [6.45, 7) is 0.911. The lowest BCUT2D eigenvalue weighted by atomic mass is 10.0. The number of ether oxygens (including phenoxy) is 1. The molecule has 206 valence electrons. The molecule has 0 radical (unpaired) electrons. The zero-order valence-electron chi connectivity index (χ0n) is 20.5. The van der Waals surface area contributed by atoms with Crippen molar-refractivity contribution in [2.75, 3.05) is 20.3 Å². The summed E-state index contributed by atoms with van der Waals surface area (Å²) < 4.78 is 86.2. The second-order valence-electron chi connectivity index (χ2n) is 9.27. The van der Waals surface area contributed by atoms with E-state index in [1.165, 1.54) is 10.9 Å².